The second-order valence-electron chi connectivity index (χ2n) is 4.89. The topological polar surface area (TPSA) is 70.7 Å². The number of phenolic OH excluding ortho intramolecular Hbond substituents is 1. The second-order valence-corrected chi connectivity index (χ2v) is 4.89. The van der Waals surface area contributed by atoms with E-state index in [9.17, 15) is 15.0 Å². The Bertz CT molecular complexity index is 821. The summed E-state index contributed by atoms with van der Waals surface area (Å²) >= 11 is 0. The molecule has 0 spiro atoms. The number of aliphatic hydroxyl groups is 1. The molecule has 0 aliphatic carbocycles. The van der Waals surface area contributed by atoms with E-state index in [1.807, 2.05) is 30.3 Å². The van der Waals surface area contributed by atoms with Gasteiger partial charge in [-0.25, -0.2) is 0 Å². The van der Waals surface area contributed by atoms with E-state index in [4.69, 9.17) is 4.42 Å². The molecule has 0 aliphatic rings. The van der Waals surface area contributed by atoms with Crippen LogP contribution >= 0.6 is 0 Å². The SMILES string of the molecule is O=c1cc(C[C@@H](O)c2ccccc2)oc2ccc(O)cc12. The second kappa shape index (κ2) is 5.42. The molecule has 4 nitrogen and oxygen atoms in total. The van der Waals surface area contributed by atoms with Crippen molar-refractivity contribution >= 4 is 11.0 Å². The lowest BCUT2D eigenvalue weighted by Gasteiger charge is -2.10. The van der Waals surface area contributed by atoms with Gasteiger partial charge in [0, 0.05) is 12.5 Å². The van der Waals surface area contributed by atoms with Crippen LogP contribution in [0.15, 0.2) is 63.8 Å². The van der Waals surface area contributed by atoms with Crippen molar-refractivity contribution in [2.75, 3.05) is 0 Å². The Morgan fingerprint density at radius 1 is 1.05 bits per heavy atom. The molecule has 0 radical (unpaired) electrons. The largest absolute Gasteiger partial charge is 0.508 e. The van der Waals surface area contributed by atoms with Crippen molar-refractivity contribution in [3.8, 4) is 5.75 Å². The van der Waals surface area contributed by atoms with Crippen molar-refractivity contribution in [2.24, 2.45) is 0 Å². The minimum atomic E-state index is -0.732. The standard InChI is InChI=1S/C17H14O4/c18-12-6-7-17-14(8-12)16(20)10-13(21-17)9-15(19)11-4-2-1-3-5-11/h1-8,10,15,18-19H,9H2/t15-/m1/s1. The minimum Gasteiger partial charge on any atom is -0.508 e. The van der Waals surface area contributed by atoms with E-state index >= 15 is 0 Å². The molecular weight excluding hydrogens is 268 g/mol. The van der Waals surface area contributed by atoms with Crippen LogP contribution in [0.25, 0.3) is 11.0 Å². The van der Waals surface area contributed by atoms with E-state index < -0.39 is 6.10 Å². The fraction of sp³-hybridized carbons (Fsp3) is 0.118. The average Bonchev–Trinajstić information content (AvgIpc) is 2.49. The molecule has 0 aliphatic heterocycles. The van der Waals surface area contributed by atoms with Gasteiger partial charge in [0.25, 0.3) is 0 Å². The third kappa shape index (κ3) is 2.80. The predicted octanol–water partition coefficient (Wildman–Crippen LogP) is 2.77. The first-order valence-corrected chi connectivity index (χ1v) is 6.62. The lowest BCUT2D eigenvalue weighted by Crippen LogP contribution is -2.06. The normalized spacial score (nSPS) is 12.4. The summed E-state index contributed by atoms with van der Waals surface area (Å²) in [5.41, 5.74) is 0.934. The van der Waals surface area contributed by atoms with Gasteiger partial charge in [0.15, 0.2) is 5.43 Å². The van der Waals surface area contributed by atoms with Gasteiger partial charge < -0.3 is 14.6 Å². The van der Waals surface area contributed by atoms with Crippen molar-refractivity contribution in [2.45, 2.75) is 12.5 Å². The lowest BCUT2D eigenvalue weighted by atomic mass is 10.0. The number of hydrogen-bond acceptors (Lipinski definition) is 4. The van der Waals surface area contributed by atoms with Crippen LogP contribution in [0.5, 0.6) is 5.75 Å². The first-order valence-electron chi connectivity index (χ1n) is 6.62. The summed E-state index contributed by atoms with van der Waals surface area (Å²) in [5.74, 6) is 0.432. The van der Waals surface area contributed by atoms with Gasteiger partial charge in [0.1, 0.15) is 17.1 Å². The Hall–Kier alpha value is -2.59. The van der Waals surface area contributed by atoms with Crippen LogP contribution < -0.4 is 5.43 Å². The van der Waals surface area contributed by atoms with Crippen molar-refractivity contribution in [1.29, 1.82) is 0 Å². The van der Waals surface area contributed by atoms with E-state index in [2.05, 4.69) is 0 Å². The number of aliphatic hydroxyl groups excluding tert-OH is 1. The smallest absolute Gasteiger partial charge is 0.193 e. The molecule has 106 valence electrons. The van der Waals surface area contributed by atoms with Gasteiger partial charge in [-0.1, -0.05) is 30.3 Å². The molecule has 0 bridgehead atoms. The Morgan fingerprint density at radius 2 is 1.81 bits per heavy atom. The molecule has 0 amide bonds. The van der Waals surface area contributed by atoms with E-state index in [-0.39, 0.29) is 17.6 Å². The monoisotopic (exact) mass is 282 g/mol. The lowest BCUT2D eigenvalue weighted by molar-refractivity contribution is 0.171. The molecule has 0 unspecified atom stereocenters. The number of rotatable bonds is 3. The maximum absolute atomic E-state index is 12.0. The van der Waals surface area contributed by atoms with Crippen molar-refractivity contribution in [3.05, 3.63) is 76.1 Å². The summed E-state index contributed by atoms with van der Waals surface area (Å²) in [5, 5.41) is 19.9. The number of fused-ring (bicyclic) bond motifs is 1. The average molecular weight is 282 g/mol. The minimum absolute atomic E-state index is 0.0203. The van der Waals surface area contributed by atoms with E-state index in [0.717, 1.165) is 5.56 Å². The van der Waals surface area contributed by atoms with E-state index in [1.54, 1.807) is 6.07 Å². The number of aromatic hydroxyl groups is 1. The van der Waals surface area contributed by atoms with Crippen molar-refractivity contribution < 1.29 is 14.6 Å². The van der Waals surface area contributed by atoms with Crippen LogP contribution in [0, 0.1) is 0 Å². The summed E-state index contributed by atoms with van der Waals surface area (Å²) < 4.78 is 5.62. The zero-order valence-electron chi connectivity index (χ0n) is 11.2. The summed E-state index contributed by atoms with van der Waals surface area (Å²) in [6, 6.07) is 14.9. The molecule has 2 N–H and O–H groups in total. The summed E-state index contributed by atoms with van der Waals surface area (Å²) in [7, 11) is 0. The third-order valence-corrected chi connectivity index (χ3v) is 3.34. The zero-order chi connectivity index (χ0) is 14.8. The number of hydrogen-bond donors (Lipinski definition) is 2. The van der Waals surface area contributed by atoms with E-state index in [0.29, 0.717) is 16.7 Å². The third-order valence-electron chi connectivity index (χ3n) is 3.34. The van der Waals surface area contributed by atoms with Gasteiger partial charge in [-0.15, -0.1) is 0 Å². The molecule has 21 heavy (non-hydrogen) atoms. The molecule has 0 saturated heterocycles. The molecule has 0 saturated carbocycles. The van der Waals surface area contributed by atoms with E-state index in [1.165, 1.54) is 18.2 Å². The van der Waals surface area contributed by atoms with Crippen molar-refractivity contribution in [3.63, 3.8) is 0 Å². The Morgan fingerprint density at radius 3 is 2.57 bits per heavy atom. The predicted molar refractivity (Wildman–Crippen MR) is 79.3 cm³/mol. The highest BCUT2D eigenvalue weighted by atomic mass is 16.3. The highest BCUT2D eigenvalue weighted by Gasteiger charge is 2.12. The van der Waals surface area contributed by atoms with Crippen LogP contribution in [0.2, 0.25) is 0 Å². The maximum atomic E-state index is 12.0. The molecule has 3 rings (SSSR count). The van der Waals surface area contributed by atoms with Crippen LogP contribution in [-0.2, 0) is 6.42 Å². The highest BCUT2D eigenvalue weighted by molar-refractivity contribution is 5.77. The summed E-state index contributed by atoms with van der Waals surface area (Å²) in [6.07, 6.45) is -0.514. The zero-order valence-corrected chi connectivity index (χ0v) is 11.2. The Labute approximate surface area is 120 Å². The molecule has 0 fully saturated rings. The summed E-state index contributed by atoms with van der Waals surface area (Å²) in [6.45, 7) is 0. The van der Waals surface area contributed by atoms with Gasteiger partial charge in [0.2, 0.25) is 0 Å². The van der Waals surface area contributed by atoms with Gasteiger partial charge in [-0.05, 0) is 23.8 Å². The fourth-order valence-corrected chi connectivity index (χ4v) is 2.28. The Balaban J connectivity index is 1.95. The first-order chi connectivity index (χ1) is 10.1. The number of phenols is 1. The molecule has 2 aromatic carbocycles. The van der Waals surface area contributed by atoms with Crippen LogP contribution in [0.4, 0.5) is 0 Å². The van der Waals surface area contributed by atoms with Crippen molar-refractivity contribution in [1.82, 2.24) is 0 Å². The van der Waals surface area contributed by atoms with Gasteiger partial charge >= 0.3 is 0 Å². The molecule has 4 heteroatoms. The maximum Gasteiger partial charge on any atom is 0.193 e. The highest BCUT2D eigenvalue weighted by Crippen LogP contribution is 2.21. The molecule has 3 aromatic rings. The van der Waals surface area contributed by atoms with Crippen LogP contribution in [-0.4, -0.2) is 10.2 Å². The van der Waals surface area contributed by atoms with Crippen LogP contribution in [0.1, 0.15) is 17.4 Å². The number of benzene rings is 2. The molecular formula is C17H14O4. The van der Waals surface area contributed by atoms with Gasteiger partial charge in [-0.3, -0.25) is 4.79 Å². The quantitative estimate of drug-likeness (QED) is 0.775. The fourth-order valence-electron chi connectivity index (χ4n) is 2.28. The molecule has 1 atom stereocenters. The molecule has 1 heterocycles. The molecule has 1 aromatic heterocycles. The van der Waals surface area contributed by atoms with Gasteiger partial charge in [-0.2, -0.15) is 0 Å². The van der Waals surface area contributed by atoms with Gasteiger partial charge in [0.05, 0.1) is 11.5 Å². The van der Waals surface area contributed by atoms with Crippen LogP contribution in [0.3, 0.4) is 0 Å². The Kier molecular flexibility index (Phi) is 3.46. The summed E-state index contributed by atoms with van der Waals surface area (Å²) in [4.78, 5) is 12.0. The first kappa shape index (κ1) is 13.4.